The van der Waals surface area contributed by atoms with Gasteiger partial charge in [-0.05, 0) is 80.7 Å². The third kappa shape index (κ3) is 6.58. The Morgan fingerprint density at radius 2 is 1.83 bits per heavy atom. The number of imidazole rings is 1. The Balaban J connectivity index is 0.00000342. The van der Waals surface area contributed by atoms with Crippen LogP contribution >= 0.6 is 11.6 Å². The van der Waals surface area contributed by atoms with Gasteiger partial charge in [-0.25, -0.2) is 9.78 Å². The number of ether oxygens (including phenoxy) is 1. The number of carboxylic acids is 1. The molecular weight excluding hydrogens is 489 g/mol. The summed E-state index contributed by atoms with van der Waals surface area (Å²) in [6.07, 6.45) is 1.70. The topological polar surface area (TPSA) is 78.5 Å². The third-order valence-electron chi connectivity index (χ3n) is 6.06. The molecule has 0 bridgehead atoms. The fourth-order valence-electron chi connectivity index (χ4n) is 3.60. The molecule has 0 atom stereocenters. The van der Waals surface area contributed by atoms with Crippen LogP contribution in [-0.2, 0) is 16.8 Å². The van der Waals surface area contributed by atoms with E-state index in [1.807, 2.05) is 37.5 Å². The molecule has 0 aliphatic heterocycles. The number of nitrogens with zero attached hydrogens (tertiary/aromatic N) is 3. The Kier molecular flexibility index (Phi) is 8.93. The van der Waals surface area contributed by atoms with Crippen molar-refractivity contribution >= 4 is 23.4 Å². The first-order valence-electron chi connectivity index (χ1n) is 11.1. The van der Waals surface area contributed by atoms with Crippen LogP contribution in [-0.4, -0.2) is 33.3 Å². The standard InChI is InChI=1S/C27H27ClN3O3.K/c1-18-5-7-19(8-6-18)17-31-23(22(29-25(31)28)13-14-26(2,3)34-4)30-27(15-16-27)21-11-9-20(10-12-21)24(32)33;/h5-12H,15-17H2,1-4H3,(H,32,33);/q-1;+1. The van der Waals surface area contributed by atoms with E-state index in [1.54, 1.807) is 19.2 Å². The van der Waals surface area contributed by atoms with Crippen LogP contribution in [0, 0.1) is 18.8 Å². The van der Waals surface area contributed by atoms with E-state index in [1.165, 1.54) is 5.56 Å². The minimum atomic E-state index is -0.949. The van der Waals surface area contributed by atoms with Crippen LogP contribution in [0.2, 0.25) is 5.28 Å². The van der Waals surface area contributed by atoms with Gasteiger partial charge in [-0.3, -0.25) is 0 Å². The number of benzene rings is 2. The molecule has 1 N–H and O–H groups in total. The Hall–Kier alpha value is -1.63. The summed E-state index contributed by atoms with van der Waals surface area (Å²) in [5.41, 5.74) is 2.88. The summed E-state index contributed by atoms with van der Waals surface area (Å²) in [7, 11) is 1.61. The van der Waals surface area contributed by atoms with Crippen LogP contribution < -0.4 is 51.4 Å². The van der Waals surface area contributed by atoms with E-state index in [-0.39, 0.29) is 56.9 Å². The molecule has 3 aromatic rings. The summed E-state index contributed by atoms with van der Waals surface area (Å²) in [4.78, 5) is 15.8. The van der Waals surface area contributed by atoms with Gasteiger partial charge in [0.1, 0.15) is 16.6 Å². The van der Waals surface area contributed by atoms with Gasteiger partial charge in [-0.2, -0.15) is 0 Å². The molecule has 1 saturated carbocycles. The van der Waals surface area contributed by atoms with Crippen molar-refractivity contribution in [2.45, 2.75) is 51.3 Å². The van der Waals surface area contributed by atoms with Crippen molar-refractivity contribution in [3.63, 3.8) is 0 Å². The van der Waals surface area contributed by atoms with E-state index >= 15 is 0 Å². The van der Waals surface area contributed by atoms with Crippen molar-refractivity contribution in [3.05, 3.63) is 87.1 Å². The molecular formula is C27H27ClKN3O3. The molecule has 1 fully saturated rings. The maximum atomic E-state index is 11.3. The molecule has 1 aromatic heterocycles. The van der Waals surface area contributed by atoms with Crippen LogP contribution in [0.5, 0.6) is 0 Å². The number of carboxylic acid groups (broad SMARTS) is 1. The Bertz CT molecular complexity index is 1270. The van der Waals surface area contributed by atoms with Gasteiger partial charge in [-0.15, -0.1) is 0 Å². The van der Waals surface area contributed by atoms with E-state index in [0.717, 1.165) is 24.0 Å². The smallest absolute Gasteiger partial charge is 0.478 e. The van der Waals surface area contributed by atoms with Gasteiger partial charge in [-0.1, -0.05) is 59.5 Å². The largest absolute Gasteiger partial charge is 1.00 e. The number of carbonyl (C=O) groups is 1. The van der Waals surface area contributed by atoms with Gasteiger partial charge in [0.2, 0.25) is 0 Å². The first kappa shape index (κ1) is 27.9. The normalized spacial score (nSPS) is 13.9. The minimum absolute atomic E-state index is 0. The molecule has 0 radical (unpaired) electrons. The SMILES string of the molecule is COC(C)(C)C#Cc1nc(Cl)n(Cc2ccc(C)cc2)c1[N-]C1(c2ccc(C(=O)O)cc2)CC1.[K+]. The second-order valence-corrected chi connectivity index (χ2v) is 9.45. The average Bonchev–Trinajstić information content (AvgIpc) is 3.55. The Morgan fingerprint density at radius 3 is 2.37 bits per heavy atom. The van der Waals surface area contributed by atoms with Crippen molar-refractivity contribution in [1.29, 1.82) is 0 Å². The number of aromatic nitrogens is 2. The summed E-state index contributed by atoms with van der Waals surface area (Å²) >= 11 is 6.59. The summed E-state index contributed by atoms with van der Waals surface area (Å²) < 4.78 is 7.31. The molecule has 176 valence electrons. The molecule has 4 rings (SSSR count). The second-order valence-electron chi connectivity index (χ2n) is 9.12. The first-order valence-corrected chi connectivity index (χ1v) is 11.5. The number of aryl methyl sites for hydroxylation is 1. The van der Waals surface area contributed by atoms with E-state index in [0.29, 0.717) is 23.3 Å². The van der Waals surface area contributed by atoms with Crippen molar-refractivity contribution in [2.75, 3.05) is 7.11 Å². The zero-order valence-corrected chi connectivity index (χ0v) is 24.6. The minimum Gasteiger partial charge on any atom is -0.478 e. The summed E-state index contributed by atoms with van der Waals surface area (Å²) in [6.45, 7) is 6.32. The number of halogens is 1. The summed E-state index contributed by atoms with van der Waals surface area (Å²) in [6, 6.07) is 15.1. The van der Waals surface area contributed by atoms with Gasteiger partial charge in [0.25, 0.3) is 0 Å². The predicted octanol–water partition coefficient (Wildman–Crippen LogP) is 3.07. The molecule has 0 spiro atoms. The van der Waals surface area contributed by atoms with E-state index in [2.05, 4.69) is 41.1 Å². The van der Waals surface area contributed by atoms with Crippen molar-refractivity contribution in [1.82, 2.24) is 9.55 Å². The van der Waals surface area contributed by atoms with E-state index in [9.17, 15) is 9.90 Å². The summed E-state index contributed by atoms with van der Waals surface area (Å²) in [5.74, 6) is 5.90. The fourth-order valence-corrected chi connectivity index (χ4v) is 3.83. The van der Waals surface area contributed by atoms with Gasteiger partial charge in [0.15, 0.2) is 0 Å². The molecule has 1 aliphatic carbocycles. The van der Waals surface area contributed by atoms with Crippen LogP contribution in [0.15, 0.2) is 48.5 Å². The van der Waals surface area contributed by atoms with Crippen molar-refractivity contribution in [3.8, 4) is 11.8 Å². The molecule has 1 heterocycles. The number of hydrogen-bond acceptors (Lipinski definition) is 3. The van der Waals surface area contributed by atoms with Gasteiger partial charge in [0, 0.05) is 7.11 Å². The molecule has 35 heavy (non-hydrogen) atoms. The zero-order chi connectivity index (χ0) is 24.5. The van der Waals surface area contributed by atoms with Crippen LogP contribution in [0.25, 0.3) is 5.32 Å². The van der Waals surface area contributed by atoms with Crippen LogP contribution in [0.1, 0.15) is 59.4 Å². The van der Waals surface area contributed by atoms with Crippen LogP contribution in [0.3, 0.4) is 0 Å². The van der Waals surface area contributed by atoms with Gasteiger partial charge >= 0.3 is 57.4 Å². The Morgan fingerprint density at radius 1 is 1.20 bits per heavy atom. The summed E-state index contributed by atoms with van der Waals surface area (Å²) in [5, 5.41) is 14.7. The molecule has 0 amide bonds. The van der Waals surface area contributed by atoms with Crippen molar-refractivity contribution < 1.29 is 66.0 Å². The number of aromatic carboxylic acids is 1. The second kappa shape index (κ2) is 11.2. The maximum Gasteiger partial charge on any atom is 1.00 e. The quantitative estimate of drug-likeness (QED) is 0.387. The number of hydrogen-bond donors (Lipinski definition) is 1. The molecule has 0 unspecified atom stereocenters. The van der Waals surface area contributed by atoms with E-state index < -0.39 is 17.1 Å². The Labute approximate surface area is 253 Å². The number of rotatable bonds is 7. The molecule has 8 heteroatoms. The fraction of sp³-hybridized carbons (Fsp3) is 0.333. The zero-order valence-electron chi connectivity index (χ0n) is 20.7. The van der Waals surface area contributed by atoms with E-state index in [4.69, 9.17) is 21.7 Å². The number of methoxy groups -OCH3 is 1. The van der Waals surface area contributed by atoms with Crippen molar-refractivity contribution in [2.24, 2.45) is 0 Å². The molecule has 2 aromatic carbocycles. The molecule has 6 nitrogen and oxygen atoms in total. The first-order chi connectivity index (χ1) is 16.1. The average molecular weight is 516 g/mol. The van der Waals surface area contributed by atoms with Gasteiger partial charge < -0.3 is 19.7 Å². The molecule has 1 aliphatic rings. The van der Waals surface area contributed by atoms with Crippen LogP contribution in [0.4, 0.5) is 5.82 Å². The predicted molar refractivity (Wildman–Crippen MR) is 133 cm³/mol. The monoisotopic (exact) mass is 515 g/mol. The third-order valence-corrected chi connectivity index (χ3v) is 6.35. The van der Waals surface area contributed by atoms with Gasteiger partial charge in [0.05, 0.1) is 5.56 Å². The molecule has 0 saturated heterocycles. The maximum absolute atomic E-state index is 11.3.